The molecule has 0 aromatic carbocycles. The molecular weight excluding hydrogens is 236 g/mol. The average molecular weight is 264 g/mol. The molecule has 2 unspecified atom stereocenters. The predicted octanol–water partition coefficient (Wildman–Crippen LogP) is 1.94. The van der Waals surface area contributed by atoms with Crippen molar-refractivity contribution in [2.45, 2.75) is 46.2 Å². The second-order valence-electron chi connectivity index (χ2n) is 5.88. The van der Waals surface area contributed by atoms with Crippen LogP contribution in [-0.4, -0.2) is 40.4 Å². The Morgan fingerprint density at radius 3 is 2.95 bits per heavy atom. The van der Waals surface area contributed by atoms with Crippen molar-refractivity contribution in [1.82, 2.24) is 20.0 Å². The molecule has 4 heteroatoms. The molecule has 1 aromatic heterocycles. The smallest absolute Gasteiger partial charge is 0.0638 e. The maximum absolute atomic E-state index is 4.40. The number of nitrogens with one attached hydrogen (secondary N) is 1. The van der Waals surface area contributed by atoms with Crippen molar-refractivity contribution >= 4 is 0 Å². The highest BCUT2D eigenvalue weighted by Gasteiger charge is 2.23. The molecule has 1 aliphatic rings. The summed E-state index contributed by atoms with van der Waals surface area (Å²) in [5.74, 6) is 0.783. The maximum atomic E-state index is 4.40. The molecule has 108 valence electrons. The molecule has 1 aromatic rings. The van der Waals surface area contributed by atoms with Crippen LogP contribution >= 0.6 is 0 Å². The first-order valence-electron chi connectivity index (χ1n) is 7.55. The van der Waals surface area contributed by atoms with Gasteiger partial charge in [0.2, 0.25) is 0 Å². The zero-order chi connectivity index (χ0) is 13.8. The van der Waals surface area contributed by atoms with Crippen LogP contribution in [0, 0.1) is 12.8 Å². The Kier molecular flexibility index (Phi) is 4.99. The van der Waals surface area contributed by atoms with Crippen LogP contribution < -0.4 is 5.32 Å². The SMILES string of the molecule is CCN1CCCC(C(C)NCc2cn(C)nc2C)C1. The third-order valence-corrected chi connectivity index (χ3v) is 4.43. The van der Waals surface area contributed by atoms with Crippen LogP contribution in [0.3, 0.4) is 0 Å². The molecule has 0 spiro atoms. The van der Waals surface area contributed by atoms with E-state index in [9.17, 15) is 0 Å². The molecule has 0 aliphatic carbocycles. The minimum absolute atomic E-state index is 0.578. The standard InChI is InChI=1S/C15H28N4/c1-5-19-8-6-7-14(11-19)12(2)16-9-15-10-18(4)17-13(15)3/h10,12,14,16H,5-9,11H2,1-4H3. The first-order chi connectivity index (χ1) is 9.10. The molecule has 1 N–H and O–H groups in total. The van der Waals surface area contributed by atoms with Crippen LogP contribution in [0.4, 0.5) is 0 Å². The van der Waals surface area contributed by atoms with Gasteiger partial charge in [0, 0.05) is 37.9 Å². The van der Waals surface area contributed by atoms with Gasteiger partial charge in [0.15, 0.2) is 0 Å². The van der Waals surface area contributed by atoms with Gasteiger partial charge in [-0.2, -0.15) is 5.10 Å². The Morgan fingerprint density at radius 1 is 1.53 bits per heavy atom. The summed E-state index contributed by atoms with van der Waals surface area (Å²) in [6.45, 7) is 11.3. The molecular formula is C15H28N4. The van der Waals surface area contributed by atoms with Crippen molar-refractivity contribution in [3.8, 4) is 0 Å². The van der Waals surface area contributed by atoms with E-state index >= 15 is 0 Å². The Morgan fingerprint density at radius 2 is 2.32 bits per heavy atom. The lowest BCUT2D eigenvalue weighted by Gasteiger charge is -2.35. The summed E-state index contributed by atoms with van der Waals surface area (Å²) >= 11 is 0. The van der Waals surface area contributed by atoms with Crippen LogP contribution in [0.25, 0.3) is 0 Å². The number of hydrogen-bond donors (Lipinski definition) is 1. The zero-order valence-electron chi connectivity index (χ0n) is 12.8. The largest absolute Gasteiger partial charge is 0.310 e. The van der Waals surface area contributed by atoms with Gasteiger partial charge in [-0.25, -0.2) is 0 Å². The van der Waals surface area contributed by atoms with E-state index < -0.39 is 0 Å². The Bertz CT molecular complexity index is 399. The van der Waals surface area contributed by atoms with Gasteiger partial charge in [-0.05, 0) is 45.7 Å². The van der Waals surface area contributed by atoms with Gasteiger partial charge in [-0.1, -0.05) is 6.92 Å². The molecule has 1 saturated heterocycles. The fraction of sp³-hybridized carbons (Fsp3) is 0.800. The summed E-state index contributed by atoms with van der Waals surface area (Å²) < 4.78 is 1.90. The molecule has 19 heavy (non-hydrogen) atoms. The lowest BCUT2D eigenvalue weighted by Crippen LogP contribution is -2.44. The van der Waals surface area contributed by atoms with E-state index in [4.69, 9.17) is 0 Å². The van der Waals surface area contributed by atoms with Gasteiger partial charge in [0.05, 0.1) is 5.69 Å². The molecule has 2 atom stereocenters. The van der Waals surface area contributed by atoms with Gasteiger partial charge in [-0.15, -0.1) is 0 Å². The minimum atomic E-state index is 0.578. The number of nitrogens with zero attached hydrogens (tertiary/aromatic N) is 3. The second-order valence-corrected chi connectivity index (χ2v) is 5.88. The van der Waals surface area contributed by atoms with E-state index in [2.05, 4.69) is 42.3 Å². The number of hydrogen-bond acceptors (Lipinski definition) is 3. The summed E-state index contributed by atoms with van der Waals surface area (Å²) in [5, 5.41) is 8.08. The Balaban J connectivity index is 1.83. The van der Waals surface area contributed by atoms with E-state index in [1.165, 1.54) is 38.0 Å². The topological polar surface area (TPSA) is 33.1 Å². The third kappa shape index (κ3) is 3.80. The third-order valence-electron chi connectivity index (χ3n) is 4.43. The highest BCUT2D eigenvalue weighted by molar-refractivity contribution is 5.14. The Hall–Kier alpha value is -0.870. The predicted molar refractivity (Wildman–Crippen MR) is 79.1 cm³/mol. The number of piperidine rings is 1. The van der Waals surface area contributed by atoms with Crippen LogP contribution in [0.15, 0.2) is 6.20 Å². The van der Waals surface area contributed by atoms with Crippen molar-refractivity contribution in [1.29, 1.82) is 0 Å². The monoisotopic (exact) mass is 264 g/mol. The van der Waals surface area contributed by atoms with E-state index in [1.807, 2.05) is 11.7 Å². The molecule has 0 bridgehead atoms. The van der Waals surface area contributed by atoms with Crippen molar-refractivity contribution in [2.24, 2.45) is 13.0 Å². The van der Waals surface area contributed by atoms with Crippen LogP contribution in [0.1, 0.15) is 37.9 Å². The van der Waals surface area contributed by atoms with Crippen molar-refractivity contribution in [3.63, 3.8) is 0 Å². The average Bonchev–Trinajstić information content (AvgIpc) is 2.74. The lowest BCUT2D eigenvalue weighted by atomic mass is 9.91. The maximum Gasteiger partial charge on any atom is 0.0638 e. The summed E-state index contributed by atoms with van der Waals surface area (Å²) in [4.78, 5) is 2.57. The number of likely N-dealkylation sites (tertiary alicyclic amines) is 1. The summed E-state index contributed by atoms with van der Waals surface area (Å²) in [5.41, 5.74) is 2.46. The molecule has 1 aliphatic heterocycles. The molecule has 4 nitrogen and oxygen atoms in total. The van der Waals surface area contributed by atoms with E-state index in [0.717, 1.165) is 18.2 Å². The highest BCUT2D eigenvalue weighted by atomic mass is 15.3. The van der Waals surface area contributed by atoms with Gasteiger partial charge in [0.1, 0.15) is 0 Å². The molecule has 0 amide bonds. The first kappa shape index (κ1) is 14.5. The number of rotatable bonds is 5. The number of aromatic nitrogens is 2. The highest BCUT2D eigenvalue weighted by Crippen LogP contribution is 2.19. The van der Waals surface area contributed by atoms with Crippen molar-refractivity contribution < 1.29 is 0 Å². The lowest BCUT2D eigenvalue weighted by molar-refractivity contribution is 0.157. The molecule has 0 saturated carbocycles. The van der Waals surface area contributed by atoms with E-state index in [0.29, 0.717) is 6.04 Å². The fourth-order valence-corrected chi connectivity index (χ4v) is 3.05. The summed E-state index contributed by atoms with van der Waals surface area (Å²) in [7, 11) is 1.99. The molecule has 1 fully saturated rings. The van der Waals surface area contributed by atoms with Gasteiger partial charge < -0.3 is 10.2 Å². The van der Waals surface area contributed by atoms with Crippen molar-refractivity contribution in [3.05, 3.63) is 17.5 Å². The van der Waals surface area contributed by atoms with Crippen LogP contribution in [0.5, 0.6) is 0 Å². The van der Waals surface area contributed by atoms with Gasteiger partial charge in [0.25, 0.3) is 0 Å². The van der Waals surface area contributed by atoms with Gasteiger partial charge >= 0.3 is 0 Å². The van der Waals surface area contributed by atoms with Gasteiger partial charge in [-0.3, -0.25) is 4.68 Å². The van der Waals surface area contributed by atoms with E-state index in [-0.39, 0.29) is 0 Å². The zero-order valence-corrected chi connectivity index (χ0v) is 12.8. The van der Waals surface area contributed by atoms with Crippen LogP contribution in [-0.2, 0) is 13.6 Å². The molecule has 2 heterocycles. The first-order valence-corrected chi connectivity index (χ1v) is 7.55. The van der Waals surface area contributed by atoms with E-state index in [1.54, 1.807) is 0 Å². The Labute approximate surface area is 117 Å². The molecule has 0 radical (unpaired) electrons. The summed E-state index contributed by atoms with van der Waals surface area (Å²) in [6, 6.07) is 0.578. The normalized spacial score (nSPS) is 22.6. The molecule has 2 rings (SSSR count). The number of aryl methyl sites for hydroxylation is 2. The second kappa shape index (κ2) is 6.53. The summed E-state index contributed by atoms with van der Waals surface area (Å²) in [6.07, 6.45) is 4.82. The van der Waals surface area contributed by atoms with Crippen LogP contribution in [0.2, 0.25) is 0 Å². The fourth-order valence-electron chi connectivity index (χ4n) is 3.05. The quantitative estimate of drug-likeness (QED) is 0.882. The minimum Gasteiger partial charge on any atom is -0.310 e. The van der Waals surface area contributed by atoms with Crippen molar-refractivity contribution in [2.75, 3.05) is 19.6 Å².